The van der Waals surface area contributed by atoms with E-state index in [0.29, 0.717) is 34.3 Å². The fraction of sp³-hybridized carbons (Fsp3) is 0.333. The van der Waals surface area contributed by atoms with Crippen LogP contribution in [0.15, 0.2) is 59.2 Å². The molecule has 0 fully saturated rings. The van der Waals surface area contributed by atoms with Gasteiger partial charge in [0, 0.05) is 31.8 Å². The van der Waals surface area contributed by atoms with Crippen molar-refractivity contribution in [3.05, 3.63) is 71.7 Å². The first-order chi connectivity index (χ1) is 18.0. The summed E-state index contributed by atoms with van der Waals surface area (Å²) in [5.41, 5.74) is 1.20. The Hall–Kier alpha value is -4.18. The maximum Gasteiger partial charge on any atom is 0.254 e. The number of hydrogen-bond donors (Lipinski definition) is 0. The van der Waals surface area contributed by atoms with Gasteiger partial charge < -0.3 is 37.9 Å². The molecule has 0 atom stereocenters. The summed E-state index contributed by atoms with van der Waals surface area (Å²) >= 11 is 0. The van der Waals surface area contributed by atoms with E-state index in [9.17, 15) is 9.59 Å². The summed E-state index contributed by atoms with van der Waals surface area (Å²) < 4.78 is 32.2. The summed E-state index contributed by atoms with van der Waals surface area (Å²) in [5, 5.41) is 0. The van der Waals surface area contributed by atoms with Crippen molar-refractivity contribution in [3.8, 4) is 23.0 Å². The van der Waals surface area contributed by atoms with E-state index in [1.54, 1.807) is 48.6 Å². The van der Waals surface area contributed by atoms with E-state index >= 15 is 0 Å². The highest BCUT2D eigenvalue weighted by molar-refractivity contribution is 5.97. The molecular weight excluding hydrogens is 480 g/mol. The maximum atomic E-state index is 13.6. The molecule has 1 aliphatic rings. The highest BCUT2D eigenvalue weighted by Crippen LogP contribution is 2.33. The number of hydrogen-bond acceptors (Lipinski definition) is 8. The van der Waals surface area contributed by atoms with Crippen LogP contribution in [0.5, 0.6) is 23.0 Å². The van der Waals surface area contributed by atoms with Gasteiger partial charge in [-0.1, -0.05) is 6.07 Å². The molecule has 3 aromatic rings. The summed E-state index contributed by atoms with van der Waals surface area (Å²) in [7, 11) is 4.57. The number of fused-ring (bicyclic) bond motifs is 1. The van der Waals surface area contributed by atoms with Gasteiger partial charge in [-0.3, -0.25) is 9.59 Å². The van der Waals surface area contributed by atoms with Crippen LogP contribution in [0.25, 0.3) is 0 Å². The number of carbonyl (C=O) groups is 2. The van der Waals surface area contributed by atoms with Crippen molar-refractivity contribution < 1.29 is 37.7 Å². The minimum absolute atomic E-state index is 0.160. The van der Waals surface area contributed by atoms with Gasteiger partial charge >= 0.3 is 0 Å². The molecule has 10 nitrogen and oxygen atoms in total. The van der Waals surface area contributed by atoms with Crippen LogP contribution in [0.4, 0.5) is 0 Å². The van der Waals surface area contributed by atoms with E-state index in [2.05, 4.69) is 0 Å². The van der Waals surface area contributed by atoms with Crippen LogP contribution < -0.4 is 18.9 Å². The smallest absolute Gasteiger partial charge is 0.254 e. The van der Waals surface area contributed by atoms with Gasteiger partial charge in [0.05, 0.1) is 33.6 Å². The van der Waals surface area contributed by atoms with Gasteiger partial charge in [-0.2, -0.15) is 0 Å². The van der Waals surface area contributed by atoms with E-state index in [1.807, 2.05) is 18.2 Å². The van der Waals surface area contributed by atoms with Crippen molar-refractivity contribution in [1.82, 2.24) is 9.80 Å². The highest BCUT2D eigenvalue weighted by atomic mass is 16.7. The van der Waals surface area contributed by atoms with Crippen LogP contribution in [-0.4, -0.2) is 69.4 Å². The second-order valence-corrected chi connectivity index (χ2v) is 8.34. The van der Waals surface area contributed by atoms with Gasteiger partial charge in [0.1, 0.15) is 23.8 Å². The van der Waals surface area contributed by atoms with Crippen LogP contribution in [0.3, 0.4) is 0 Å². The quantitative estimate of drug-likeness (QED) is 0.366. The van der Waals surface area contributed by atoms with Gasteiger partial charge in [-0.15, -0.1) is 0 Å². The van der Waals surface area contributed by atoms with Crippen molar-refractivity contribution in [3.63, 3.8) is 0 Å². The SMILES string of the molecule is COCCN(CC(=O)N(Cc1ccc2c(c1)OCO2)Cc1ccco1)C(=O)c1cc(OC)cc(OC)c1. The van der Waals surface area contributed by atoms with Crippen molar-refractivity contribution in [2.75, 3.05) is 47.8 Å². The van der Waals surface area contributed by atoms with E-state index in [0.717, 1.165) is 5.56 Å². The molecule has 2 aromatic carbocycles. The number of ether oxygens (including phenoxy) is 5. The van der Waals surface area contributed by atoms with Gasteiger partial charge in [0.25, 0.3) is 5.91 Å². The molecule has 0 radical (unpaired) electrons. The van der Waals surface area contributed by atoms with Crippen LogP contribution in [0.2, 0.25) is 0 Å². The average Bonchev–Trinajstić information content (AvgIpc) is 3.61. The fourth-order valence-electron chi connectivity index (χ4n) is 3.91. The van der Waals surface area contributed by atoms with Crippen LogP contribution in [-0.2, 0) is 22.6 Å². The monoisotopic (exact) mass is 510 g/mol. The molecule has 0 bridgehead atoms. The van der Waals surface area contributed by atoms with E-state index in [-0.39, 0.29) is 51.4 Å². The molecule has 10 heteroatoms. The number of methoxy groups -OCH3 is 3. The maximum absolute atomic E-state index is 13.6. The van der Waals surface area contributed by atoms with Crippen LogP contribution >= 0.6 is 0 Å². The minimum Gasteiger partial charge on any atom is -0.497 e. The second-order valence-electron chi connectivity index (χ2n) is 8.34. The molecule has 2 amide bonds. The molecule has 0 unspecified atom stereocenters. The van der Waals surface area contributed by atoms with E-state index in [4.69, 9.17) is 28.1 Å². The minimum atomic E-state index is -0.344. The zero-order valence-corrected chi connectivity index (χ0v) is 21.1. The summed E-state index contributed by atoms with van der Waals surface area (Å²) in [6.07, 6.45) is 1.56. The van der Waals surface area contributed by atoms with E-state index in [1.165, 1.54) is 19.1 Å². The van der Waals surface area contributed by atoms with Crippen molar-refractivity contribution in [2.45, 2.75) is 13.1 Å². The molecule has 0 spiro atoms. The molecule has 0 saturated heterocycles. The molecule has 1 aliphatic heterocycles. The highest BCUT2D eigenvalue weighted by Gasteiger charge is 2.25. The molecule has 2 heterocycles. The Labute approximate surface area is 215 Å². The number of nitrogens with zero attached hydrogens (tertiary/aromatic N) is 2. The standard InChI is InChI=1S/C27H30N2O8/c1-32-10-8-28(27(31)20-12-22(33-2)14-23(13-20)34-3)17-26(30)29(16-21-5-4-9-35-21)15-19-6-7-24-25(11-19)37-18-36-24/h4-7,9,11-14H,8,10,15-18H2,1-3H3. The molecule has 0 aliphatic carbocycles. The van der Waals surface area contributed by atoms with Crippen molar-refractivity contribution >= 4 is 11.8 Å². The summed E-state index contributed by atoms with van der Waals surface area (Å²) in [6.45, 7) is 1.02. The van der Waals surface area contributed by atoms with Crippen LogP contribution in [0, 0.1) is 0 Å². The zero-order valence-electron chi connectivity index (χ0n) is 21.1. The Morgan fingerprint density at radius 3 is 2.32 bits per heavy atom. The summed E-state index contributed by atoms with van der Waals surface area (Å²) in [5.74, 6) is 2.27. The lowest BCUT2D eigenvalue weighted by atomic mass is 10.1. The average molecular weight is 511 g/mol. The Balaban J connectivity index is 1.56. The first-order valence-electron chi connectivity index (χ1n) is 11.7. The van der Waals surface area contributed by atoms with Gasteiger partial charge in [0.2, 0.25) is 12.7 Å². The lowest BCUT2D eigenvalue weighted by Crippen LogP contribution is -2.43. The third kappa shape index (κ3) is 6.53. The topological polar surface area (TPSA) is 99.9 Å². The van der Waals surface area contributed by atoms with Gasteiger partial charge in [-0.05, 0) is 42.0 Å². The fourth-order valence-corrected chi connectivity index (χ4v) is 3.91. The number of amides is 2. The Bertz CT molecular complexity index is 1190. The number of furan rings is 1. The lowest BCUT2D eigenvalue weighted by Gasteiger charge is -2.27. The first-order valence-corrected chi connectivity index (χ1v) is 11.7. The Morgan fingerprint density at radius 1 is 0.892 bits per heavy atom. The third-order valence-electron chi connectivity index (χ3n) is 5.87. The molecule has 4 rings (SSSR count). The number of carbonyl (C=O) groups excluding carboxylic acids is 2. The van der Waals surface area contributed by atoms with Gasteiger partial charge in [0.15, 0.2) is 11.5 Å². The van der Waals surface area contributed by atoms with Crippen LogP contribution in [0.1, 0.15) is 21.7 Å². The number of benzene rings is 2. The molecule has 196 valence electrons. The zero-order chi connectivity index (χ0) is 26.2. The largest absolute Gasteiger partial charge is 0.497 e. The summed E-state index contributed by atoms with van der Waals surface area (Å²) in [4.78, 5) is 30.2. The molecule has 1 aromatic heterocycles. The molecule has 37 heavy (non-hydrogen) atoms. The molecular formula is C27H30N2O8. The van der Waals surface area contributed by atoms with Crippen molar-refractivity contribution in [1.29, 1.82) is 0 Å². The summed E-state index contributed by atoms with van der Waals surface area (Å²) in [6, 6.07) is 14.0. The predicted molar refractivity (Wildman–Crippen MR) is 133 cm³/mol. The normalized spacial score (nSPS) is 11.8. The Kier molecular flexibility index (Phi) is 8.52. The lowest BCUT2D eigenvalue weighted by molar-refractivity contribution is -0.133. The first kappa shape index (κ1) is 25.9. The Morgan fingerprint density at radius 2 is 1.65 bits per heavy atom. The second kappa shape index (κ2) is 12.2. The van der Waals surface area contributed by atoms with Gasteiger partial charge in [-0.25, -0.2) is 0 Å². The van der Waals surface area contributed by atoms with Crippen molar-refractivity contribution in [2.24, 2.45) is 0 Å². The number of rotatable bonds is 12. The molecule has 0 saturated carbocycles. The van der Waals surface area contributed by atoms with E-state index < -0.39 is 0 Å². The third-order valence-corrected chi connectivity index (χ3v) is 5.87. The molecule has 0 N–H and O–H groups in total. The predicted octanol–water partition coefficient (Wildman–Crippen LogP) is 3.34.